The van der Waals surface area contributed by atoms with E-state index in [1.807, 2.05) is 36.9 Å². The van der Waals surface area contributed by atoms with Crippen LogP contribution in [0.1, 0.15) is 43.6 Å². The summed E-state index contributed by atoms with van der Waals surface area (Å²) in [5, 5.41) is 9.54. The number of amides is 1. The third-order valence-corrected chi connectivity index (χ3v) is 3.24. The first-order valence-corrected chi connectivity index (χ1v) is 6.07. The monoisotopic (exact) mass is 233 g/mol. The van der Waals surface area contributed by atoms with Crippen LogP contribution in [0.5, 0.6) is 0 Å². The molecule has 1 N–H and O–H groups in total. The van der Waals surface area contributed by atoms with Crippen molar-refractivity contribution >= 4 is 5.91 Å². The van der Waals surface area contributed by atoms with Crippen molar-refractivity contribution in [2.45, 2.75) is 40.0 Å². The number of hydrogen-bond acceptors (Lipinski definition) is 2. The molecule has 3 nitrogen and oxygen atoms in total. The zero-order valence-electron chi connectivity index (χ0n) is 10.6. The summed E-state index contributed by atoms with van der Waals surface area (Å²) in [6, 6.07) is 5.96. The van der Waals surface area contributed by atoms with E-state index in [1.54, 1.807) is 6.92 Å². The van der Waals surface area contributed by atoms with E-state index >= 15 is 0 Å². The first-order chi connectivity index (χ1) is 7.99. The van der Waals surface area contributed by atoms with E-state index in [4.69, 9.17) is 0 Å². The van der Waals surface area contributed by atoms with Crippen molar-refractivity contribution in [2.75, 3.05) is 0 Å². The third kappa shape index (κ3) is 2.34. The molecule has 0 fully saturated rings. The van der Waals surface area contributed by atoms with Gasteiger partial charge in [-0.25, -0.2) is 0 Å². The highest BCUT2D eigenvalue weighted by molar-refractivity contribution is 5.78. The van der Waals surface area contributed by atoms with Gasteiger partial charge in [-0.3, -0.25) is 4.79 Å². The van der Waals surface area contributed by atoms with Crippen LogP contribution >= 0.6 is 0 Å². The molecule has 1 aromatic carbocycles. The minimum Gasteiger partial charge on any atom is -0.389 e. The van der Waals surface area contributed by atoms with Crippen molar-refractivity contribution in [1.29, 1.82) is 0 Å². The molecule has 1 aliphatic heterocycles. The van der Waals surface area contributed by atoms with Crippen molar-refractivity contribution in [3.63, 3.8) is 0 Å². The van der Waals surface area contributed by atoms with Crippen LogP contribution in [0.2, 0.25) is 0 Å². The van der Waals surface area contributed by atoms with Crippen LogP contribution in [-0.2, 0) is 17.9 Å². The van der Waals surface area contributed by atoms with Gasteiger partial charge in [-0.15, -0.1) is 0 Å². The number of fused-ring (bicyclic) bond motifs is 1. The van der Waals surface area contributed by atoms with E-state index < -0.39 is 6.10 Å². The summed E-state index contributed by atoms with van der Waals surface area (Å²) in [6.07, 6.45) is -0.449. The topological polar surface area (TPSA) is 40.5 Å². The molecule has 0 aromatic heterocycles. The Bertz CT molecular complexity index is 438. The van der Waals surface area contributed by atoms with E-state index in [0.717, 1.165) is 11.1 Å². The Morgan fingerprint density at radius 3 is 2.47 bits per heavy atom. The molecule has 0 saturated carbocycles. The molecular formula is C14H19NO2. The van der Waals surface area contributed by atoms with Gasteiger partial charge in [-0.05, 0) is 23.6 Å². The second-order valence-corrected chi connectivity index (χ2v) is 5.05. The number of nitrogens with zero attached hydrogens (tertiary/aromatic N) is 1. The Labute approximate surface area is 102 Å². The van der Waals surface area contributed by atoms with E-state index in [0.29, 0.717) is 13.1 Å². The maximum atomic E-state index is 11.9. The van der Waals surface area contributed by atoms with Crippen LogP contribution < -0.4 is 0 Å². The van der Waals surface area contributed by atoms with E-state index in [9.17, 15) is 9.90 Å². The number of rotatable bonds is 2. The Balaban J connectivity index is 2.19. The van der Waals surface area contributed by atoms with Crippen LogP contribution in [0.25, 0.3) is 0 Å². The highest BCUT2D eigenvalue weighted by atomic mass is 16.3. The number of hydrogen-bond donors (Lipinski definition) is 1. The summed E-state index contributed by atoms with van der Waals surface area (Å²) in [4.78, 5) is 13.8. The summed E-state index contributed by atoms with van der Waals surface area (Å²) in [5.74, 6) is 0.236. The maximum absolute atomic E-state index is 11.9. The van der Waals surface area contributed by atoms with Crippen LogP contribution in [-0.4, -0.2) is 15.9 Å². The van der Waals surface area contributed by atoms with Gasteiger partial charge in [0.05, 0.1) is 6.10 Å². The number of carbonyl (C=O) groups excluding carboxylic acids is 1. The Hall–Kier alpha value is -1.35. The Morgan fingerprint density at radius 1 is 1.24 bits per heavy atom. The van der Waals surface area contributed by atoms with Crippen molar-refractivity contribution in [2.24, 2.45) is 5.92 Å². The molecule has 92 valence electrons. The highest BCUT2D eigenvalue weighted by Crippen LogP contribution is 2.27. The molecule has 17 heavy (non-hydrogen) atoms. The van der Waals surface area contributed by atoms with Gasteiger partial charge in [0.1, 0.15) is 0 Å². The summed E-state index contributed by atoms with van der Waals surface area (Å²) in [7, 11) is 0. The molecule has 1 atom stereocenters. The fourth-order valence-corrected chi connectivity index (χ4v) is 2.20. The molecule has 1 aliphatic rings. The van der Waals surface area contributed by atoms with Crippen LogP contribution in [0, 0.1) is 5.92 Å². The average molecular weight is 233 g/mol. The summed E-state index contributed by atoms with van der Waals surface area (Å²) in [6.45, 7) is 6.98. The summed E-state index contributed by atoms with van der Waals surface area (Å²) < 4.78 is 0. The molecule has 1 unspecified atom stereocenters. The standard InChI is InChI=1S/C14H19NO2/c1-9(2)14(17)15-7-12-5-4-11(10(3)16)6-13(12)8-15/h4-6,9-10,16H,7-8H2,1-3H3. The zero-order chi connectivity index (χ0) is 12.6. The van der Waals surface area contributed by atoms with Crippen LogP contribution in [0.3, 0.4) is 0 Å². The molecule has 0 spiro atoms. The van der Waals surface area contributed by atoms with Gasteiger partial charge in [0.25, 0.3) is 0 Å². The number of aliphatic hydroxyl groups is 1. The number of aliphatic hydroxyl groups excluding tert-OH is 1. The van der Waals surface area contributed by atoms with Gasteiger partial charge < -0.3 is 10.0 Å². The largest absolute Gasteiger partial charge is 0.389 e. The lowest BCUT2D eigenvalue weighted by Gasteiger charge is -2.17. The lowest BCUT2D eigenvalue weighted by molar-refractivity contribution is -0.135. The van der Waals surface area contributed by atoms with Crippen molar-refractivity contribution < 1.29 is 9.90 Å². The van der Waals surface area contributed by atoms with Gasteiger partial charge >= 0.3 is 0 Å². The predicted molar refractivity (Wildman–Crippen MR) is 66.2 cm³/mol. The van der Waals surface area contributed by atoms with Gasteiger partial charge in [-0.1, -0.05) is 32.0 Å². The molecule has 0 bridgehead atoms. The molecule has 0 radical (unpaired) electrons. The van der Waals surface area contributed by atoms with Crippen LogP contribution in [0.4, 0.5) is 0 Å². The molecule has 0 aliphatic carbocycles. The normalized spacial score (nSPS) is 16.2. The molecular weight excluding hydrogens is 214 g/mol. The molecule has 2 rings (SSSR count). The second kappa shape index (κ2) is 4.49. The lowest BCUT2D eigenvalue weighted by Crippen LogP contribution is -2.29. The fourth-order valence-electron chi connectivity index (χ4n) is 2.20. The quantitative estimate of drug-likeness (QED) is 0.851. The van der Waals surface area contributed by atoms with Gasteiger partial charge in [-0.2, -0.15) is 0 Å². The second-order valence-electron chi connectivity index (χ2n) is 5.05. The van der Waals surface area contributed by atoms with Crippen molar-refractivity contribution in [3.8, 4) is 0 Å². The summed E-state index contributed by atoms with van der Waals surface area (Å²) >= 11 is 0. The molecule has 0 saturated heterocycles. The molecule has 1 aromatic rings. The minimum absolute atomic E-state index is 0.0422. The molecule has 3 heteroatoms. The number of carbonyl (C=O) groups is 1. The third-order valence-electron chi connectivity index (χ3n) is 3.24. The molecule has 1 heterocycles. The average Bonchev–Trinajstić information content (AvgIpc) is 2.69. The lowest BCUT2D eigenvalue weighted by atomic mass is 10.0. The van der Waals surface area contributed by atoms with E-state index in [2.05, 4.69) is 0 Å². The fraction of sp³-hybridized carbons (Fsp3) is 0.500. The van der Waals surface area contributed by atoms with Crippen molar-refractivity contribution in [1.82, 2.24) is 4.90 Å². The smallest absolute Gasteiger partial charge is 0.225 e. The van der Waals surface area contributed by atoms with E-state index in [1.165, 1.54) is 5.56 Å². The molecule has 1 amide bonds. The van der Waals surface area contributed by atoms with Crippen LogP contribution in [0.15, 0.2) is 18.2 Å². The number of benzene rings is 1. The SMILES string of the molecule is CC(C)C(=O)N1Cc2ccc(C(C)O)cc2C1. The predicted octanol–water partition coefficient (Wildman–Crippen LogP) is 2.24. The minimum atomic E-state index is -0.449. The van der Waals surface area contributed by atoms with Gasteiger partial charge in [0.15, 0.2) is 0 Å². The highest BCUT2D eigenvalue weighted by Gasteiger charge is 2.25. The maximum Gasteiger partial charge on any atom is 0.225 e. The Kier molecular flexibility index (Phi) is 3.20. The van der Waals surface area contributed by atoms with Gasteiger partial charge in [0, 0.05) is 19.0 Å². The van der Waals surface area contributed by atoms with Crippen molar-refractivity contribution in [3.05, 3.63) is 34.9 Å². The van der Waals surface area contributed by atoms with Gasteiger partial charge in [0.2, 0.25) is 5.91 Å². The summed E-state index contributed by atoms with van der Waals surface area (Å²) in [5.41, 5.74) is 3.28. The Morgan fingerprint density at radius 2 is 1.88 bits per heavy atom. The van der Waals surface area contributed by atoms with E-state index in [-0.39, 0.29) is 11.8 Å². The first kappa shape index (κ1) is 12.1. The first-order valence-electron chi connectivity index (χ1n) is 6.07. The zero-order valence-corrected chi connectivity index (χ0v) is 10.6.